The molecule has 3 aromatic rings. The van der Waals surface area contributed by atoms with E-state index in [0.717, 1.165) is 42.2 Å². The Balaban J connectivity index is 1.58. The van der Waals surface area contributed by atoms with Crippen LogP contribution in [0.5, 0.6) is 0 Å². The predicted octanol–water partition coefficient (Wildman–Crippen LogP) is 3.90. The molecule has 0 aliphatic heterocycles. The summed E-state index contributed by atoms with van der Waals surface area (Å²) < 4.78 is 10.5. The number of hydrogen-bond donors (Lipinski definition) is 1. The molecule has 0 bridgehead atoms. The zero-order chi connectivity index (χ0) is 17.8. The zero-order valence-electron chi connectivity index (χ0n) is 15.0. The van der Waals surface area contributed by atoms with Gasteiger partial charge < -0.3 is 14.4 Å². The molecule has 25 heavy (non-hydrogen) atoms. The Morgan fingerprint density at radius 1 is 1.16 bits per heavy atom. The molecule has 0 fully saturated rings. The minimum absolute atomic E-state index is 0.237. The molecule has 0 saturated carbocycles. The number of nitrogens with zero attached hydrogens (tertiary/aromatic N) is 4. The largest absolute Gasteiger partial charge is 0.370 e. The maximum absolute atomic E-state index is 5.33. The molecule has 3 rings (SSSR count). The quantitative estimate of drug-likeness (QED) is 0.652. The SMILES string of the molecule is Cc1noc(C)c1CCCNc1cc(-c2nc(C(C)C)no2)ccn1. The average molecular weight is 341 g/mol. The summed E-state index contributed by atoms with van der Waals surface area (Å²) in [5.74, 6) is 3.16. The normalized spacial score (nSPS) is 11.2. The summed E-state index contributed by atoms with van der Waals surface area (Å²) in [5.41, 5.74) is 3.02. The molecule has 0 spiro atoms. The predicted molar refractivity (Wildman–Crippen MR) is 94.4 cm³/mol. The highest BCUT2D eigenvalue weighted by molar-refractivity contribution is 5.57. The van der Waals surface area contributed by atoms with Crippen molar-refractivity contribution in [1.82, 2.24) is 20.3 Å². The fourth-order valence-corrected chi connectivity index (χ4v) is 2.59. The third-order valence-electron chi connectivity index (χ3n) is 4.06. The summed E-state index contributed by atoms with van der Waals surface area (Å²) in [7, 11) is 0. The summed E-state index contributed by atoms with van der Waals surface area (Å²) in [6.45, 7) is 8.80. The van der Waals surface area contributed by atoms with Crippen molar-refractivity contribution in [3.63, 3.8) is 0 Å². The van der Waals surface area contributed by atoms with E-state index >= 15 is 0 Å². The van der Waals surface area contributed by atoms with E-state index in [1.807, 2.05) is 39.8 Å². The molecule has 0 amide bonds. The molecule has 7 heteroatoms. The third kappa shape index (κ3) is 4.04. The summed E-state index contributed by atoms with van der Waals surface area (Å²) in [4.78, 5) is 8.76. The fourth-order valence-electron chi connectivity index (χ4n) is 2.59. The average Bonchev–Trinajstić information content (AvgIpc) is 3.21. The van der Waals surface area contributed by atoms with Gasteiger partial charge in [-0.2, -0.15) is 4.98 Å². The van der Waals surface area contributed by atoms with Gasteiger partial charge in [-0.3, -0.25) is 0 Å². The van der Waals surface area contributed by atoms with Crippen LogP contribution in [0.3, 0.4) is 0 Å². The summed E-state index contributed by atoms with van der Waals surface area (Å²) >= 11 is 0. The molecule has 7 nitrogen and oxygen atoms in total. The van der Waals surface area contributed by atoms with Crippen molar-refractivity contribution >= 4 is 5.82 Å². The third-order valence-corrected chi connectivity index (χ3v) is 4.06. The Hall–Kier alpha value is -2.70. The first-order chi connectivity index (χ1) is 12.0. The van der Waals surface area contributed by atoms with Gasteiger partial charge in [-0.1, -0.05) is 24.2 Å². The Kier molecular flexibility index (Phi) is 5.11. The van der Waals surface area contributed by atoms with E-state index in [-0.39, 0.29) is 5.92 Å². The standard InChI is InChI=1S/C18H23N5O2/c1-11(2)17-21-18(25-23-17)14-7-9-20-16(10-14)19-8-5-6-15-12(3)22-24-13(15)4/h7,9-11H,5-6,8H2,1-4H3,(H,19,20). The fraction of sp³-hybridized carbons (Fsp3) is 0.444. The minimum atomic E-state index is 0.237. The molecule has 3 heterocycles. The number of nitrogens with one attached hydrogen (secondary N) is 1. The lowest BCUT2D eigenvalue weighted by Gasteiger charge is -2.06. The van der Waals surface area contributed by atoms with Crippen molar-refractivity contribution in [2.75, 3.05) is 11.9 Å². The van der Waals surface area contributed by atoms with Crippen LogP contribution in [0.15, 0.2) is 27.4 Å². The van der Waals surface area contributed by atoms with E-state index < -0.39 is 0 Å². The van der Waals surface area contributed by atoms with E-state index in [1.54, 1.807) is 6.20 Å². The van der Waals surface area contributed by atoms with Crippen molar-refractivity contribution in [2.45, 2.75) is 46.5 Å². The van der Waals surface area contributed by atoms with Crippen molar-refractivity contribution in [2.24, 2.45) is 0 Å². The maximum Gasteiger partial charge on any atom is 0.258 e. The van der Waals surface area contributed by atoms with Gasteiger partial charge in [0, 0.05) is 29.8 Å². The molecule has 0 aliphatic carbocycles. The smallest absolute Gasteiger partial charge is 0.258 e. The highest BCUT2D eigenvalue weighted by Gasteiger charge is 2.12. The van der Waals surface area contributed by atoms with Gasteiger partial charge in [0.2, 0.25) is 0 Å². The Labute approximate surface area is 146 Å². The van der Waals surface area contributed by atoms with Crippen LogP contribution in [0.4, 0.5) is 5.82 Å². The highest BCUT2D eigenvalue weighted by atomic mass is 16.5. The van der Waals surface area contributed by atoms with E-state index in [2.05, 4.69) is 25.6 Å². The van der Waals surface area contributed by atoms with Crippen LogP contribution in [-0.2, 0) is 6.42 Å². The van der Waals surface area contributed by atoms with E-state index in [4.69, 9.17) is 9.05 Å². The lowest BCUT2D eigenvalue weighted by Crippen LogP contribution is -2.05. The Morgan fingerprint density at radius 2 is 2.00 bits per heavy atom. The van der Waals surface area contributed by atoms with Crippen LogP contribution in [0.2, 0.25) is 0 Å². The zero-order valence-corrected chi connectivity index (χ0v) is 15.0. The molecule has 0 aromatic carbocycles. The lowest BCUT2D eigenvalue weighted by atomic mass is 10.1. The monoisotopic (exact) mass is 341 g/mol. The van der Waals surface area contributed by atoms with Crippen LogP contribution in [0.25, 0.3) is 11.5 Å². The molecule has 0 atom stereocenters. The van der Waals surface area contributed by atoms with E-state index in [9.17, 15) is 0 Å². The molecule has 0 unspecified atom stereocenters. The van der Waals surface area contributed by atoms with E-state index in [0.29, 0.717) is 11.7 Å². The van der Waals surface area contributed by atoms with Crippen LogP contribution in [0.1, 0.15) is 49.0 Å². The number of pyridine rings is 1. The minimum Gasteiger partial charge on any atom is -0.370 e. The van der Waals surface area contributed by atoms with Crippen molar-refractivity contribution < 1.29 is 9.05 Å². The molecule has 1 N–H and O–H groups in total. The number of hydrogen-bond acceptors (Lipinski definition) is 7. The van der Waals surface area contributed by atoms with Gasteiger partial charge in [0.1, 0.15) is 11.6 Å². The van der Waals surface area contributed by atoms with Crippen molar-refractivity contribution in [1.29, 1.82) is 0 Å². The molecule has 132 valence electrons. The van der Waals surface area contributed by atoms with Gasteiger partial charge in [-0.25, -0.2) is 4.98 Å². The number of rotatable bonds is 7. The van der Waals surface area contributed by atoms with Crippen molar-refractivity contribution in [3.05, 3.63) is 41.2 Å². The molecular formula is C18H23N5O2. The molecule has 0 radical (unpaired) electrons. The molecular weight excluding hydrogens is 318 g/mol. The van der Waals surface area contributed by atoms with Crippen LogP contribution in [-0.4, -0.2) is 26.8 Å². The summed E-state index contributed by atoms with van der Waals surface area (Å²) in [5, 5.41) is 11.3. The number of aryl methyl sites for hydroxylation is 2. The first-order valence-electron chi connectivity index (χ1n) is 8.50. The van der Waals surface area contributed by atoms with Gasteiger partial charge in [-0.05, 0) is 38.8 Å². The van der Waals surface area contributed by atoms with Gasteiger partial charge in [0.25, 0.3) is 5.89 Å². The molecule has 3 aromatic heterocycles. The first kappa shape index (κ1) is 17.1. The van der Waals surface area contributed by atoms with Gasteiger partial charge in [0.05, 0.1) is 5.69 Å². The first-order valence-corrected chi connectivity index (χ1v) is 8.50. The molecule has 0 saturated heterocycles. The van der Waals surface area contributed by atoms with Crippen LogP contribution >= 0.6 is 0 Å². The highest BCUT2D eigenvalue weighted by Crippen LogP contribution is 2.21. The van der Waals surface area contributed by atoms with Crippen LogP contribution < -0.4 is 5.32 Å². The van der Waals surface area contributed by atoms with Crippen LogP contribution in [0, 0.1) is 13.8 Å². The lowest BCUT2D eigenvalue weighted by molar-refractivity contribution is 0.392. The summed E-state index contributed by atoms with van der Waals surface area (Å²) in [6.07, 6.45) is 3.63. The second-order valence-corrected chi connectivity index (χ2v) is 6.38. The Morgan fingerprint density at radius 3 is 2.68 bits per heavy atom. The van der Waals surface area contributed by atoms with Gasteiger partial charge in [0.15, 0.2) is 5.82 Å². The number of aromatic nitrogens is 4. The Bertz CT molecular complexity index is 818. The second kappa shape index (κ2) is 7.46. The van der Waals surface area contributed by atoms with Gasteiger partial charge >= 0.3 is 0 Å². The van der Waals surface area contributed by atoms with Gasteiger partial charge in [-0.15, -0.1) is 0 Å². The topological polar surface area (TPSA) is 89.9 Å². The summed E-state index contributed by atoms with van der Waals surface area (Å²) in [6, 6.07) is 3.79. The maximum atomic E-state index is 5.33. The molecule has 0 aliphatic rings. The van der Waals surface area contributed by atoms with E-state index in [1.165, 1.54) is 5.56 Å². The second-order valence-electron chi connectivity index (χ2n) is 6.38. The number of anilines is 1. The van der Waals surface area contributed by atoms with Crippen molar-refractivity contribution in [3.8, 4) is 11.5 Å².